The number of phenolic OH excluding ortho intramolecular Hbond substituents is 2. The third kappa shape index (κ3) is 4.17. The number of aliphatic hydroxyl groups excluding tert-OH is 2. The van der Waals surface area contributed by atoms with Gasteiger partial charge < -0.3 is 30.5 Å². The van der Waals surface area contributed by atoms with Crippen LogP contribution < -0.4 is 5.32 Å². The smallest absolute Gasteiger partial charge is 0.274 e. The van der Waals surface area contributed by atoms with Crippen molar-refractivity contribution in [3.63, 3.8) is 0 Å². The van der Waals surface area contributed by atoms with Crippen LogP contribution in [0.3, 0.4) is 0 Å². The summed E-state index contributed by atoms with van der Waals surface area (Å²) in [6.45, 7) is -0.101. The minimum Gasteiger partial charge on any atom is -0.504 e. The third-order valence-corrected chi connectivity index (χ3v) is 5.02. The van der Waals surface area contributed by atoms with E-state index < -0.39 is 58.1 Å². The van der Waals surface area contributed by atoms with Gasteiger partial charge in [0.2, 0.25) is 0 Å². The van der Waals surface area contributed by atoms with Crippen LogP contribution in [0.25, 0.3) is 11.2 Å². The van der Waals surface area contributed by atoms with Gasteiger partial charge in [-0.2, -0.15) is 0 Å². The van der Waals surface area contributed by atoms with Crippen molar-refractivity contribution in [2.45, 2.75) is 24.5 Å². The molecule has 14 nitrogen and oxygen atoms in total. The molecule has 0 unspecified atom stereocenters. The van der Waals surface area contributed by atoms with Crippen molar-refractivity contribution < 1.29 is 34.9 Å². The Balaban J connectivity index is 1.41. The molecular formula is C19H18N6O8. The summed E-state index contributed by atoms with van der Waals surface area (Å²) in [5.41, 5.74) is -0.138. The van der Waals surface area contributed by atoms with Gasteiger partial charge in [0.15, 0.2) is 23.4 Å². The minimum atomic E-state index is -1.29. The maximum absolute atomic E-state index is 12.3. The number of carbonyl (C=O) groups excluding carboxylic acids is 1. The fraction of sp³-hybridized carbons (Fsp3) is 0.263. The summed E-state index contributed by atoms with van der Waals surface area (Å²) in [4.78, 5) is 34.4. The molecule has 1 aliphatic rings. The number of aromatic nitrogens is 4. The van der Waals surface area contributed by atoms with E-state index >= 15 is 0 Å². The Kier molecular flexibility index (Phi) is 5.87. The van der Waals surface area contributed by atoms with E-state index in [0.717, 1.165) is 12.1 Å². The van der Waals surface area contributed by atoms with Crippen molar-refractivity contribution in [2.75, 3.05) is 6.54 Å². The number of nitro benzene ring substituents is 1. The van der Waals surface area contributed by atoms with Gasteiger partial charge in [0.25, 0.3) is 11.6 Å². The second-order valence-corrected chi connectivity index (χ2v) is 7.11. The number of fused-ring (bicyclic) bond motifs is 1. The highest BCUT2D eigenvalue weighted by molar-refractivity contribution is 5.98. The molecule has 0 bridgehead atoms. The third-order valence-electron chi connectivity index (χ3n) is 5.02. The molecule has 14 heteroatoms. The van der Waals surface area contributed by atoms with Gasteiger partial charge in [-0.3, -0.25) is 19.5 Å². The Labute approximate surface area is 184 Å². The molecule has 1 fully saturated rings. The number of aliphatic hydroxyl groups is 2. The zero-order valence-corrected chi connectivity index (χ0v) is 16.7. The van der Waals surface area contributed by atoms with Crippen molar-refractivity contribution in [3.8, 4) is 11.5 Å². The summed E-state index contributed by atoms with van der Waals surface area (Å²) < 4.78 is 7.19. The quantitative estimate of drug-likeness (QED) is 0.141. The number of imidazole rings is 1. The van der Waals surface area contributed by atoms with Gasteiger partial charge >= 0.3 is 0 Å². The number of non-ortho nitro benzene ring substituents is 1. The normalized spacial score (nSPS) is 22.7. The lowest BCUT2D eigenvalue weighted by molar-refractivity contribution is -0.385. The second-order valence-electron chi connectivity index (χ2n) is 7.11. The number of rotatable bonds is 6. The lowest BCUT2D eigenvalue weighted by Crippen LogP contribution is -2.31. The van der Waals surface area contributed by atoms with Crippen LogP contribution in [0, 0.1) is 10.1 Å². The van der Waals surface area contributed by atoms with Crippen molar-refractivity contribution in [1.82, 2.24) is 24.8 Å². The van der Waals surface area contributed by atoms with Crippen molar-refractivity contribution in [2.24, 2.45) is 0 Å². The number of benzene rings is 1. The maximum Gasteiger partial charge on any atom is 0.274 e. The highest BCUT2D eigenvalue weighted by Crippen LogP contribution is 2.34. The van der Waals surface area contributed by atoms with E-state index in [1.807, 2.05) is 0 Å². The van der Waals surface area contributed by atoms with Crippen LogP contribution in [0.2, 0.25) is 0 Å². The topological polar surface area (TPSA) is 206 Å². The largest absolute Gasteiger partial charge is 0.504 e. The molecule has 3 aromatic rings. The van der Waals surface area contributed by atoms with Crippen LogP contribution in [0.5, 0.6) is 11.5 Å². The van der Waals surface area contributed by atoms with Crippen molar-refractivity contribution >= 4 is 22.8 Å². The van der Waals surface area contributed by atoms with E-state index in [-0.39, 0.29) is 6.54 Å². The van der Waals surface area contributed by atoms with Crippen molar-refractivity contribution in [3.05, 3.63) is 58.8 Å². The number of nitrogens with one attached hydrogen (secondary N) is 1. The lowest BCUT2D eigenvalue weighted by atomic mass is 10.1. The molecule has 5 N–H and O–H groups in total. The summed E-state index contributed by atoms with van der Waals surface area (Å²) in [6, 6.07) is 1.56. The molecule has 0 radical (unpaired) electrons. The zero-order valence-electron chi connectivity index (χ0n) is 16.7. The van der Waals surface area contributed by atoms with Crippen LogP contribution >= 0.6 is 0 Å². The predicted octanol–water partition coefficient (Wildman–Crippen LogP) is -0.249. The molecule has 3 heterocycles. The predicted molar refractivity (Wildman–Crippen MR) is 109 cm³/mol. The molecule has 1 saturated heterocycles. The van der Waals surface area contributed by atoms with Gasteiger partial charge in [-0.05, 0) is 0 Å². The zero-order chi connectivity index (χ0) is 23.7. The standard InChI is InChI=1S/C19H18N6O8/c26-12-5-9(25(31)32)4-10(14(12)27)18(30)21-3-1-2-13-15(28)16(29)19(33-13)24-8-23-11-6-20-7-22-17(11)24/h1-2,4-8,13,15-16,19,26-29H,3H2,(H,21,30)/b2-1+/t13-,15-,16-,19-/m1/s1. The van der Waals surface area contributed by atoms with Gasteiger partial charge in [0, 0.05) is 12.6 Å². The fourth-order valence-corrected chi connectivity index (χ4v) is 3.38. The molecule has 0 aliphatic carbocycles. The summed E-state index contributed by atoms with van der Waals surface area (Å²) in [5, 5.41) is 53.4. The van der Waals surface area contributed by atoms with Gasteiger partial charge in [-0.25, -0.2) is 15.0 Å². The molecular weight excluding hydrogens is 440 g/mol. The van der Waals surface area contributed by atoms with Crippen LogP contribution in [-0.4, -0.2) is 75.6 Å². The minimum absolute atomic E-state index is 0.101. The maximum atomic E-state index is 12.3. The second kappa shape index (κ2) is 8.78. The van der Waals surface area contributed by atoms with E-state index in [1.54, 1.807) is 0 Å². The first-order valence-corrected chi connectivity index (χ1v) is 9.57. The SMILES string of the molecule is O=C(NC/C=C/[C@H]1O[C@@H](n2cnc3cncnc32)[C@H](O)[C@@H]1O)c1cc([N+](=O)[O-])cc(O)c1O. The van der Waals surface area contributed by atoms with Crippen LogP contribution in [0.1, 0.15) is 16.6 Å². The number of amides is 1. The molecule has 4 atom stereocenters. The first-order chi connectivity index (χ1) is 15.8. The Morgan fingerprint density at radius 3 is 2.82 bits per heavy atom. The highest BCUT2D eigenvalue weighted by atomic mass is 16.6. The number of hydrogen-bond donors (Lipinski definition) is 5. The Morgan fingerprint density at radius 2 is 2.06 bits per heavy atom. The summed E-state index contributed by atoms with van der Waals surface area (Å²) in [7, 11) is 0. The van der Waals surface area contributed by atoms with Gasteiger partial charge in [-0.15, -0.1) is 0 Å². The average molecular weight is 458 g/mol. The van der Waals surface area contributed by atoms with E-state index in [1.165, 1.54) is 35.6 Å². The average Bonchev–Trinajstić information content (AvgIpc) is 3.34. The van der Waals surface area contributed by atoms with Gasteiger partial charge in [-0.1, -0.05) is 12.2 Å². The number of phenols is 2. The lowest BCUT2D eigenvalue weighted by Gasteiger charge is -2.16. The molecule has 33 heavy (non-hydrogen) atoms. The number of nitro groups is 1. The monoisotopic (exact) mass is 458 g/mol. The number of carbonyl (C=O) groups is 1. The molecule has 1 aliphatic heterocycles. The molecule has 4 rings (SSSR count). The van der Waals surface area contributed by atoms with Crippen LogP contribution in [0.4, 0.5) is 5.69 Å². The molecule has 0 saturated carbocycles. The molecule has 1 amide bonds. The molecule has 0 spiro atoms. The molecule has 1 aromatic carbocycles. The van der Waals surface area contributed by atoms with Crippen LogP contribution in [0.15, 0.2) is 43.1 Å². The number of hydrogen-bond acceptors (Lipinski definition) is 11. The Hall–Kier alpha value is -4.14. The van der Waals surface area contributed by atoms with E-state index in [0.29, 0.717) is 11.2 Å². The first kappa shape index (κ1) is 22.1. The van der Waals surface area contributed by atoms with Crippen molar-refractivity contribution in [1.29, 1.82) is 0 Å². The van der Waals surface area contributed by atoms with E-state index in [2.05, 4.69) is 20.3 Å². The fourth-order valence-electron chi connectivity index (χ4n) is 3.38. The van der Waals surface area contributed by atoms with E-state index in [4.69, 9.17) is 4.74 Å². The van der Waals surface area contributed by atoms with Crippen LogP contribution in [-0.2, 0) is 4.74 Å². The first-order valence-electron chi connectivity index (χ1n) is 9.57. The number of nitrogens with zero attached hydrogens (tertiary/aromatic N) is 5. The molecule has 172 valence electrons. The Morgan fingerprint density at radius 1 is 1.27 bits per heavy atom. The summed E-state index contributed by atoms with van der Waals surface area (Å²) in [6.07, 6.45) is 2.63. The van der Waals surface area contributed by atoms with E-state index in [9.17, 15) is 35.3 Å². The summed E-state index contributed by atoms with van der Waals surface area (Å²) >= 11 is 0. The van der Waals surface area contributed by atoms with Gasteiger partial charge in [0.05, 0.1) is 29.1 Å². The number of aromatic hydroxyl groups is 2. The highest BCUT2D eigenvalue weighted by Gasteiger charge is 2.43. The Bertz CT molecular complexity index is 1240. The molecule has 2 aromatic heterocycles. The number of ether oxygens (including phenoxy) is 1. The summed E-state index contributed by atoms with van der Waals surface area (Å²) in [5.74, 6) is -2.46. The van der Waals surface area contributed by atoms with Gasteiger partial charge in [0.1, 0.15) is 30.2 Å².